The van der Waals surface area contributed by atoms with E-state index in [0.29, 0.717) is 5.69 Å². The van der Waals surface area contributed by atoms with Crippen LogP contribution in [0.15, 0.2) is 0 Å². The molecule has 0 aliphatic rings. The molecule has 0 aromatic carbocycles. The van der Waals surface area contributed by atoms with E-state index in [-0.39, 0.29) is 5.91 Å². The highest BCUT2D eigenvalue weighted by Crippen LogP contribution is 2.17. The third-order valence-electron chi connectivity index (χ3n) is 2.16. The number of carbonyl (C=O) groups excluding carboxylic acids is 1. The van der Waals surface area contributed by atoms with E-state index in [1.54, 1.807) is 16.2 Å². The summed E-state index contributed by atoms with van der Waals surface area (Å²) in [5.41, 5.74) is 0.621. The third-order valence-corrected chi connectivity index (χ3v) is 3.04. The van der Waals surface area contributed by atoms with Crippen LogP contribution in [-0.2, 0) is 0 Å². The lowest BCUT2D eigenvalue weighted by Gasteiger charge is -2.17. The number of hydrogen-bond acceptors (Lipinski definition) is 3. The van der Waals surface area contributed by atoms with E-state index in [2.05, 4.69) is 4.98 Å². The van der Waals surface area contributed by atoms with Gasteiger partial charge in [0.05, 0.1) is 5.01 Å². The SMILES string of the molecule is CCN(CC)C(=O)c1nc(C)sc1C. The summed E-state index contributed by atoms with van der Waals surface area (Å²) in [5.74, 6) is 0.0526. The molecule has 78 valence electrons. The molecule has 1 heterocycles. The van der Waals surface area contributed by atoms with Gasteiger partial charge in [-0.2, -0.15) is 0 Å². The Hall–Kier alpha value is -0.900. The van der Waals surface area contributed by atoms with Crippen LogP contribution in [0.5, 0.6) is 0 Å². The van der Waals surface area contributed by atoms with Crippen molar-refractivity contribution in [2.45, 2.75) is 27.7 Å². The normalized spacial score (nSPS) is 10.3. The predicted molar refractivity (Wildman–Crippen MR) is 58.8 cm³/mol. The summed E-state index contributed by atoms with van der Waals surface area (Å²) in [7, 11) is 0. The summed E-state index contributed by atoms with van der Waals surface area (Å²) in [6.07, 6.45) is 0. The van der Waals surface area contributed by atoms with Crippen LogP contribution in [0.3, 0.4) is 0 Å². The largest absolute Gasteiger partial charge is 0.338 e. The number of thiazole rings is 1. The van der Waals surface area contributed by atoms with Gasteiger partial charge >= 0.3 is 0 Å². The molecule has 0 aliphatic heterocycles. The van der Waals surface area contributed by atoms with E-state index in [0.717, 1.165) is 23.0 Å². The molecule has 3 nitrogen and oxygen atoms in total. The second kappa shape index (κ2) is 4.55. The molecule has 0 radical (unpaired) electrons. The molecule has 1 rings (SSSR count). The van der Waals surface area contributed by atoms with E-state index in [1.807, 2.05) is 27.7 Å². The highest BCUT2D eigenvalue weighted by atomic mass is 32.1. The molecule has 0 N–H and O–H groups in total. The first-order valence-corrected chi connectivity index (χ1v) is 5.65. The van der Waals surface area contributed by atoms with Crippen molar-refractivity contribution in [1.29, 1.82) is 0 Å². The van der Waals surface area contributed by atoms with E-state index >= 15 is 0 Å². The second-order valence-electron chi connectivity index (χ2n) is 3.12. The van der Waals surface area contributed by atoms with Gasteiger partial charge in [-0.15, -0.1) is 11.3 Å². The fraction of sp³-hybridized carbons (Fsp3) is 0.600. The summed E-state index contributed by atoms with van der Waals surface area (Å²) in [4.78, 5) is 19.0. The molecular weight excluding hydrogens is 196 g/mol. The first-order chi connectivity index (χ1) is 6.60. The van der Waals surface area contributed by atoms with Gasteiger partial charge in [0, 0.05) is 18.0 Å². The average Bonchev–Trinajstić information content (AvgIpc) is 2.47. The highest BCUT2D eigenvalue weighted by molar-refractivity contribution is 7.11. The van der Waals surface area contributed by atoms with Crippen molar-refractivity contribution in [1.82, 2.24) is 9.88 Å². The molecule has 0 saturated heterocycles. The van der Waals surface area contributed by atoms with Crippen molar-refractivity contribution in [3.05, 3.63) is 15.6 Å². The smallest absolute Gasteiger partial charge is 0.273 e. The van der Waals surface area contributed by atoms with E-state index in [1.165, 1.54) is 0 Å². The van der Waals surface area contributed by atoms with Crippen LogP contribution in [-0.4, -0.2) is 28.9 Å². The van der Waals surface area contributed by atoms with Crippen molar-refractivity contribution < 1.29 is 4.79 Å². The Morgan fingerprint density at radius 2 is 1.93 bits per heavy atom. The summed E-state index contributed by atoms with van der Waals surface area (Å²) in [5, 5.41) is 0.956. The molecular formula is C10H16N2OS. The molecule has 0 bridgehead atoms. The van der Waals surface area contributed by atoms with Gasteiger partial charge in [0.2, 0.25) is 0 Å². The molecule has 1 aromatic rings. The number of rotatable bonds is 3. The predicted octanol–water partition coefficient (Wildman–Crippen LogP) is 2.24. The van der Waals surface area contributed by atoms with Gasteiger partial charge in [0.25, 0.3) is 5.91 Å². The Labute approximate surface area is 88.8 Å². The molecule has 0 fully saturated rings. The van der Waals surface area contributed by atoms with Crippen LogP contribution in [0.2, 0.25) is 0 Å². The topological polar surface area (TPSA) is 33.2 Å². The Morgan fingerprint density at radius 3 is 2.29 bits per heavy atom. The third kappa shape index (κ3) is 2.12. The Kier molecular flexibility index (Phi) is 3.63. The maximum Gasteiger partial charge on any atom is 0.273 e. The van der Waals surface area contributed by atoms with E-state index in [9.17, 15) is 4.79 Å². The molecule has 1 aromatic heterocycles. The Balaban J connectivity index is 2.93. The fourth-order valence-corrected chi connectivity index (χ4v) is 2.20. The van der Waals surface area contributed by atoms with Gasteiger partial charge in [-0.1, -0.05) is 0 Å². The first kappa shape index (κ1) is 11.2. The summed E-state index contributed by atoms with van der Waals surface area (Å²) >= 11 is 1.58. The van der Waals surface area contributed by atoms with Gasteiger partial charge in [0.1, 0.15) is 5.69 Å². The highest BCUT2D eigenvalue weighted by Gasteiger charge is 2.18. The van der Waals surface area contributed by atoms with E-state index < -0.39 is 0 Å². The molecule has 0 spiro atoms. The van der Waals surface area contributed by atoms with Crippen molar-refractivity contribution in [3.8, 4) is 0 Å². The van der Waals surface area contributed by atoms with Crippen LogP contribution in [0.25, 0.3) is 0 Å². The minimum absolute atomic E-state index is 0.0526. The van der Waals surface area contributed by atoms with Crippen LogP contribution in [0.4, 0.5) is 0 Å². The molecule has 4 heteroatoms. The molecule has 0 atom stereocenters. The number of aromatic nitrogens is 1. The maximum absolute atomic E-state index is 11.9. The zero-order valence-electron chi connectivity index (χ0n) is 9.13. The maximum atomic E-state index is 11.9. The summed E-state index contributed by atoms with van der Waals surface area (Å²) in [6, 6.07) is 0. The number of aryl methyl sites for hydroxylation is 2. The van der Waals surface area contributed by atoms with Gasteiger partial charge in [-0.25, -0.2) is 4.98 Å². The quantitative estimate of drug-likeness (QED) is 0.770. The van der Waals surface area contributed by atoms with Crippen molar-refractivity contribution in [2.24, 2.45) is 0 Å². The lowest BCUT2D eigenvalue weighted by molar-refractivity contribution is 0.0767. The monoisotopic (exact) mass is 212 g/mol. The molecule has 0 unspecified atom stereocenters. The van der Waals surface area contributed by atoms with Gasteiger partial charge in [-0.05, 0) is 27.7 Å². The van der Waals surface area contributed by atoms with E-state index in [4.69, 9.17) is 0 Å². The Bertz CT molecular complexity index is 329. The van der Waals surface area contributed by atoms with Crippen LogP contribution in [0.1, 0.15) is 34.2 Å². The summed E-state index contributed by atoms with van der Waals surface area (Å²) < 4.78 is 0. The van der Waals surface area contributed by atoms with Crippen molar-refractivity contribution >= 4 is 17.2 Å². The van der Waals surface area contributed by atoms with Crippen LogP contribution < -0.4 is 0 Å². The minimum atomic E-state index is 0.0526. The van der Waals surface area contributed by atoms with Gasteiger partial charge < -0.3 is 4.90 Å². The van der Waals surface area contributed by atoms with Crippen molar-refractivity contribution in [2.75, 3.05) is 13.1 Å². The minimum Gasteiger partial charge on any atom is -0.338 e. The zero-order chi connectivity index (χ0) is 10.7. The van der Waals surface area contributed by atoms with Crippen molar-refractivity contribution in [3.63, 3.8) is 0 Å². The molecule has 1 amide bonds. The van der Waals surface area contributed by atoms with Crippen LogP contribution in [0, 0.1) is 13.8 Å². The average molecular weight is 212 g/mol. The summed E-state index contributed by atoms with van der Waals surface area (Å²) in [6.45, 7) is 9.32. The molecule has 0 aliphatic carbocycles. The molecule has 0 saturated carbocycles. The number of nitrogens with zero attached hydrogens (tertiary/aromatic N) is 2. The first-order valence-electron chi connectivity index (χ1n) is 4.83. The number of carbonyl (C=O) groups is 1. The second-order valence-corrected chi connectivity index (χ2v) is 4.52. The Morgan fingerprint density at radius 1 is 1.36 bits per heavy atom. The standard InChI is InChI=1S/C10H16N2OS/c1-5-12(6-2)10(13)9-7(3)14-8(4)11-9/h5-6H2,1-4H3. The van der Waals surface area contributed by atoms with Gasteiger partial charge in [-0.3, -0.25) is 4.79 Å². The van der Waals surface area contributed by atoms with Crippen LogP contribution >= 0.6 is 11.3 Å². The van der Waals surface area contributed by atoms with Gasteiger partial charge in [0.15, 0.2) is 0 Å². The molecule has 14 heavy (non-hydrogen) atoms. The zero-order valence-corrected chi connectivity index (χ0v) is 9.94. The lowest BCUT2D eigenvalue weighted by Crippen LogP contribution is -2.31. The lowest BCUT2D eigenvalue weighted by atomic mass is 10.3. The fourth-order valence-electron chi connectivity index (χ4n) is 1.39. The number of amides is 1. The number of hydrogen-bond donors (Lipinski definition) is 0.